The molecule has 6 heteroatoms. The van der Waals surface area contributed by atoms with Crippen molar-refractivity contribution in [2.45, 2.75) is 33.2 Å². The minimum absolute atomic E-state index is 0.240. The van der Waals surface area contributed by atoms with E-state index < -0.39 is 12.1 Å². The van der Waals surface area contributed by atoms with Crippen LogP contribution in [0, 0.1) is 13.8 Å². The van der Waals surface area contributed by atoms with Crippen LogP contribution in [0.5, 0.6) is 0 Å². The molecule has 28 heavy (non-hydrogen) atoms. The molecule has 3 N–H and O–H groups in total. The predicted molar refractivity (Wildman–Crippen MR) is 110 cm³/mol. The first-order valence-electron chi connectivity index (χ1n) is 9.34. The summed E-state index contributed by atoms with van der Waals surface area (Å²) < 4.78 is 4.98. The van der Waals surface area contributed by atoms with E-state index in [1.807, 2.05) is 62.5 Å². The number of hydrogen-bond acceptors (Lipinski definition) is 3. The number of nitrogens with one attached hydrogen (secondary N) is 3. The Morgan fingerprint density at radius 2 is 1.93 bits per heavy atom. The number of aryl methyl sites for hydroxylation is 2. The van der Waals surface area contributed by atoms with Gasteiger partial charge in [-0.1, -0.05) is 35.9 Å². The summed E-state index contributed by atoms with van der Waals surface area (Å²) in [7, 11) is 0. The second-order valence-electron chi connectivity index (χ2n) is 6.79. The van der Waals surface area contributed by atoms with Crippen molar-refractivity contribution in [3.05, 3.63) is 65.4 Å². The number of fused-ring (bicyclic) bond motifs is 1. The monoisotopic (exact) mass is 379 g/mol. The van der Waals surface area contributed by atoms with Crippen LogP contribution in [0.4, 0.5) is 10.5 Å². The van der Waals surface area contributed by atoms with Gasteiger partial charge in [-0.05, 0) is 44.0 Å². The van der Waals surface area contributed by atoms with E-state index in [9.17, 15) is 9.59 Å². The summed E-state index contributed by atoms with van der Waals surface area (Å²) in [6, 6.07) is 12.9. The molecule has 1 atom stereocenters. The van der Waals surface area contributed by atoms with Crippen LogP contribution in [0.2, 0.25) is 0 Å². The van der Waals surface area contributed by atoms with Crippen LogP contribution in [-0.2, 0) is 16.0 Å². The number of alkyl carbamates (subject to hydrolysis) is 1. The third-order valence-corrected chi connectivity index (χ3v) is 4.62. The van der Waals surface area contributed by atoms with Crippen LogP contribution in [0.15, 0.2) is 48.7 Å². The van der Waals surface area contributed by atoms with E-state index in [1.165, 1.54) is 0 Å². The second-order valence-corrected chi connectivity index (χ2v) is 6.79. The van der Waals surface area contributed by atoms with Gasteiger partial charge in [0.15, 0.2) is 0 Å². The highest BCUT2D eigenvalue weighted by atomic mass is 16.5. The van der Waals surface area contributed by atoms with Crippen LogP contribution in [-0.4, -0.2) is 29.6 Å². The average molecular weight is 379 g/mol. The molecule has 0 bridgehead atoms. The molecule has 0 unspecified atom stereocenters. The molecule has 146 valence electrons. The molecular weight excluding hydrogens is 354 g/mol. The highest BCUT2D eigenvalue weighted by Crippen LogP contribution is 2.21. The van der Waals surface area contributed by atoms with Crippen LogP contribution in [0.3, 0.4) is 0 Å². The summed E-state index contributed by atoms with van der Waals surface area (Å²) in [5, 5.41) is 6.64. The van der Waals surface area contributed by atoms with E-state index >= 15 is 0 Å². The molecule has 0 aliphatic rings. The highest BCUT2D eigenvalue weighted by Gasteiger charge is 2.23. The normalized spacial score (nSPS) is 11.8. The summed E-state index contributed by atoms with van der Waals surface area (Å²) in [5.74, 6) is -0.287. The molecule has 3 aromatic rings. The topological polar surface area (TPSA) is 83.2 Å². The number of hydrogen-bond donors (Lipinski definition) is 3. The van der Waals surface area contributed by atoms with Crippen LogP contribution in [0.1, 0.15) is 23.6 Å². The van der Waals surface area contributed by atoms with Gasteiger partial charge >= 0.3 is 6.09 Å². The first-order valence-corrected chi connectivity index (χ1v) is 9.34. The number of para-hydroxylation sites is 1. The number of benzene rings is 2. The zero-order chi connectivity index (χ0) is 20.1. The number of aromatic nitrogens is 1. The molecule has 2 amide bonds. The quantitative estimate of drug-likeness (QED) is 0.603. The smallest absolute Gasteiger partial charge is 0.407 e. The minimum Gasteiger partial charge on any atom is -0.450 e. The molecule has 1 aromatic heterocycles. The number of carbonyl (C=O) groups is 2. The first-order chi connectivity index (χ1) is 13.5. The predicted octanol–water partition coefficient (Wildman–Crippen LogP) is 4.08. The largest absolute Gasteiger partial charge is 0.450 e. The number of ether oxygens (including phenoxy) is 1. The number of aromatic amines is 1. The molecule has 0 saturated carbocycles. The summed E-state index contributed by atoms with van der Waals surface area (Å²) in [5.41, 5.74) is 4.76. The molecular formula is C22H25N3O3. The Balaban J connectivity index is 1.83. The minimum atomic E-state index is -0.765. The van der Waals surface area contributed by atoms with Crippen molar-refractivity contribution in [2.24, 2.45) is 0 Å². The SMILES string of the molecule is CCOC(=O)N[C@H](Cc1c[nH]c2ccccc12)C(=O)Nc1ccc(C)cc1C. The molecule has 2 aromatic carbocycles. The lowest BCUT2D eigenvalue weighted by atomic mass is 10.0. The number of anilines is 1. The molecule has 0 spiro atoms. The van der Waals surface area contributed by atoms with Crippen molar-refractivity contribution in [2.75, 3.05) is 11.9 Å². The Morgan fingerprint density at radius 3 is 2.68 bits per heavy atom. The van der Waals surface area contributed by atoms with Gasteiger partial charge in [-0.15, -0.1) is 0 Å². The number of amides is 2. The molecule has 6 nitrogen and oxygen atoms in total. The fourth-order valence-corrected chi connectivity index (χ4v) is 3.22. The molecule has 0 fully saturated rings. The Bertz CT molecular complexity index is 994. The van der Waals surface area contributed by atoms with Crippen LogP contribution < -0.4 is 10.6 Å². The van der Waals surface area contributed by atoms with Gasteiger partial charge in [0.05, 0.1) is 6.61 Å². The van der Waals surface area contributed by atoms with Gasteiger partial charge in [0, 0.05) is 29.2 Å². The van der Waals surface area contributed by atoms with Crippen LogP contribution in [0.25, 0.3) is 10.9 Å². The van der Waals surface area contributed by atoms with E-state index in [4.69, 9.17) is 4.74 Å². The summed E-state index contributed by atoms with van der Waals surface area (Å²) in [4.78, 5) is 28.2. The maximum absolute atomic E-state index is 13.0. The zero-order valence-electron chi connectivity index (χ0n) is 16.3. The first kappa shape index (κ1) is 19.5. The lowest BCUT2D eigenvalue weighted by molar-refractivity contribution is -0.118. The van der Waals surface area contributed by atoms with Gasteiger partial charge in [-0.3, -0.25) is 4.79 Å². The summed E-state index contributed by atoms with van der Waals surface area (Å²) in [6.45, 7) is 5.91. The van der Waals surface area contributed by atoms with Crippen molar-refractivity contribution < 1.29 is 14.3 Å². The van der Waals surface area contributed by atoms with Gasteiger partial charge in [-0.2, -0.15) is 0 Å². The van der Waals surface area contributed by atoms with E-state index in [1.54, 1.807) is 6.92 Å². The third-order valence-electron chi connectivity index (χ3n) is 4.62. The molecule has 0 radical (unpaired) electrons. The number of carbonyl (C=O) groups excluding carboxylic acids is 2. The molecule has 0 aliphatic carbocycles. The van der Waals surface area contributed by atoms with E-state index in [2.05, 4.69) is 15.6 Å². The van der Waals surface area contributed by atoms with Gasteiger partial charge < -0.3 is 20.4 Å². The molecule has 0 aliphatic heterocycles. The van der Waals surface area contributed by atoms with Gasteiger partial charge in [-0.25, -0.2) is 4.79 Å². The Labute approximate surface area is 164 Å². The summed E-state index contributed by atoms with van der Waals surface area (Å²) in [6.07, 6.45) is 1.61. The molecule has 1 heterocycles. The van der Waals surface area contributed by atoms with Crippen molar-refractivity contribution >= 4 is 28.6 Å². The van der Waals surface area contributed by atoms with Gasteiger partial charge in [0.2, 0.25) is 5.91 Å². The van der Waals surface area contributed by atoms with Crippen molar-refractivity contribution in [1.82, 2.24) is 10.3 Å². The fourth-order valence-electron chi connectivity index (χ4n) is 3.22. The van der Waals surface area contributed by atoms with Crippen LogP contribution >= 0.6 is 0 Å². The maximum atomic E-state index is 13.0. The average Bonchev–Trinajstić information content (AvgIpc) is 3.07. The van der Waals surface area contributed by atoms with E-state index in [-0.39, 0.29) is 12.5 Å². The van der Waals surface area contributed by atoms with E-state index in [0.29, 0.717) is 6.42 Å². The molecule has 3 rings (SSSR count). The Hall–Kier alpha value is -3.28. The third kappa shape index (κ3) is 4.52. The highest BCUT2D eigenvalue weighted by molar-refractivity contribution is 5.97. The second kappa shape index (κ2) is 8.61. The standard InChI is InChI=1S/C22H25N3O3/c1-4-28-22(27)25-20(12-16-13-23-19-8-6-5-7-17(16)19)21(26)24-18-10-9-14(2)11-15(18)3/h5-11,13,20,23H,4,12H2,1-3H3,(H,24,26)(H,25,27)/t20-/m1/s1. The van der Waals surface area contributed by atoms with Gasteiger partial charge in [0.25, 0.3) is 0 Å². The zero-order valence-corrected chi connectivity index (χ0v) is 16.3. The van der Waals surface area contributed by atoms with Crippen molar-refractivity contribution in [3.8, 4) is 0 Å². The number of H-pyrrole nitrogens is 1. The van der Waals surface area contributed by atoms with Crippen molar-refractivity contribution in [1.29, 1.82) is 0 Å². The lowest BCUT2D eigenvalue weighted by Crippen LogP contribution is -2.45. The fraction of sp³-hybridized carbons (Fsp3) is 0.273. The van der Waals surface area contributed by atoms with E-state index in [0.717, 1.165) is 33.3 Å². The summed E-state index contributed by atoms with van der Waals surface area (Å²) >= 11 is 0. The Kier molecular flexibility index (Phi) is 5.99. The van der Waals surface area contributed by atoms with Crippen molar-refractivity contribution in [3.63, 3.8) is 0 Å². The number of rotatable bonds is 6. The maximum Gasteiger partial charge on any atom is 0.407 e. The van der Waals surface area contributed by atoms with Gasteiger partial charge in [0.1, 0.15) is 6.04 Å². The lowest BCUT2D eigenvalue weighted by Gasteiger charge is -2.19. The Morgan fingerprint density at radius 1 is 1.14 bits per heavy atom. The molecule has 0 saturated heterocycles.